The number of hydrogen-bond acceptors (Lipinski definition) is 4. The summed E-state index contributed by atoms with van der Waals surface area (Å²) < 4.78 is 5.41. The fraction of sp³-hybridized carbons (Fsp3) is 0.562. The lowest BCUT2D eigenvalue weighted by Gasteiger charge is -2.12. The predicted octanol–water partition coefficient (Wildman–Crippen LogP) is 2.29. The zero-order chi connectivity index (χ0) is 15.7. The molecule has 0 saturated heterocycles. The lowest BCUT2D eigenvalue weighted by molar-refractivity contribution is -0.116. The van der Waals surface area contributed by atoms with E-state index in [0.717, 1.165) is 13.0 Å². The molecule has 0 spiro atoms. The van der Waals surface area contributed by atoms with Gasteiger partial charge in [0.25, 0.3) is 0 Å². The number of hydrogen-bond donors (Lipinski definition) is 3. The van der Waals surface area contributed by atoms with Crippen molar-refractivity contribution in [1.29, 1.82) is 0 Å². The van der Waals surface area contributed by atoms with Crippen LogP contribution in [0.25, 0.3) is 0 Å². The van der Waals surface area contributed by atoms with Crippen LogP contribution in [0.4, 0.5) is 5.69 Å². The maximum absolute atomic E-state index is 11.8. The first-order chi connectivity index (χ1) is 10.1. The second-order valence-electron chi connectivity index (χ2n) is 5.17. The Morgan fingerprint density at radius 1 is 1.38 bits per heavy atom. The normalized spacial score (nSPS) is 10.7. The van der Waals surface area contributed by atoms with Crippen molar-refractivity contribution >= 4 is 11.6 Å². The van der Waals surface area contributed by atoms with E-state index in [1.807, 2.05) is 6.92 Å². The molecule has 0 fully saturated rings. The van der Waals surface area contributed by atoms with Crippen molar-refractivity contribution in [1.82, 2.24) is 5.32 Å². The Morgan fingerprint density at radius 3 is 2.76 bits per heavy atom. The summed E-state index contributed by atoms with van der Waals surface area (Å²) in [5.74, 6) is 0.632. The van der Waals surface area contributed by atoms with Crippen molar-refractivity contribution in [3.63, 3.8) is 0 Å². The number of rotatable bonds is 9. The van der Waals surface area contributed by atoms with Crippen LogP contribution in [-0.4, -0.2) is 30.2 Å². The topological polar surface area (TPSA) is 70.6 Å². The molecule has 0 radical (unpaired) electrons. The van der Waals surface area contributed by atoms with Gasteiger partial charge in [0.05, 0.1) is 13.2 Å². The molecule has 1 aromatic rings. The van der Waals surface area contributed by atoms with E-state index in [4.69, 9.17) is 4.74 Å². The van der Waals surface area contributed by atoms with Crippen LogP contribution < -0.4 is 15.4 Å². The van der Waals surface area contributed by atoms with Gasteiger partial charge in [-0.05, 0) is 38.1 Å². The van der Waals surface area contributed by atoms with Crippen LogP contribution >= 0.6 is 0 Å². The molecule has 0 unspecified atom stereocenters. The van der Waals surface area contributed by atoms with Crippen LogP contribution in [0.15, 0.2) is 18.2 Å². The molecule has 21 heavy (non-hydrogen) atoms. The lowest BCUT2D eigenvalue weighted by atomic mass is 10.1. The fourth-order valence-corrected chi connectivity index (χ4v) is 1.94. The molecule has 0 aromatic heterocycles. The average molecular weight is 294 g/mol. The SMILES string of the molecule is CCOc1ccc(NC(=O)CCCNC(C)C)cc1CO. The Balaban J connectivity index is 2.48. The third kappa shape index (κ3) is 6.60. The largest absolute Gasteiger partial charge is 0.494 e. The van der Waals surface area contributed by atoms with Gasteiger partial charge >= 0.3 is 0 Å². The van der Waals surface area contributed by atoms with Gasteiger partial charge in [-0.3, -0.25) is 4.79 Å². The Hall–Kier alpha value is -1.59. The van der Waals surface area contributed by atoms with Crippen LogP contribution in [0.5, 0.6) is 5.75 Å². The Kier molecular flexibility index (Phi) is 7.79. The van der Waals surface area contributed by atoms with Gasteiger partial charge < -0.3 is 20.5 Å². The van der Waals surface area contributed by atoms with Crippen LogP contribution in [0, 0.1) is 0 Å². The third-order valence-corrected chi connectivity index (χ3v) is 2.95. The summed E-state index contributed by atoms with van der Waals surface area (Å²) in [5, 5.41) is 15.4. The lowest BCUT2D eigenvalue weighted by Crippen LogP contribution is -2.24. The van der Waals surface area contributed by atoms with Gasteiger partial charge in [-0.15, -0.1) is 0 Å². The Bertz CT molecular complexity index is 447. The first-order valence-corrected chi connectivity index (χ1v) is 7.46. The predicted molar refractivity (Wildman–Crippen MR) is 84.5 cm³/mol. The highest BCUT2D eigenvalue weighted by Gasteiger charge is 2.07. The number of anilines is 1. The van der Waals surface area contributed by atoms with Crippen LogP contribution in [0.2, 0.25) is 0 Å². The highest BCUT2D eigenvalue weighted by molar-refractivity contribution is 5.90. The van der Waals surface area contributed by atoms with Crippen molar-refractivity contribution < 1.29 is 14.6 Å². The molecule has 3 N–H and O–H groups in total. The summed E-state index contributed by atoms with van der Waals surface area (Å²) in [5.41, 5.74) is 1.36. The zero-order valence-corrected chi connectivity index (χ0v) is 13.1. The smallest absolute Gasteiger partial charge is 0.224 e. The number of ether oxygens (including phenoxy) is 1. The number of benzene rings is 1. The van der Waals surface area contributed by atoms with Gasteiger partial charge in [0.1, 0.15) is 5.75 Å². The van der Waals surface area contributed by atoms with Gasteiger partial charge in [-0.25, -0.2) is 0 Å². The molecule has 5 heteroatoms. The minimum absolute atomic E-state index is 0.0198. The fourth-order valence-electron chi connectivity index (χ4n) is 1.94. The summed E-state index contributed by atoms with van der Waals surface area (Å²) in [6.07, 6.45) is 1.27. The molecule has 0 aliphatic carbocycles. The van der Waals surface area contributed by atoms with E-state index < -0.39 is 0 Å². The minimum Gasteiger partial charge on any atom is -0.494 e. The van der Waals surface area contributed by atoms with Gasteiger partial charge in [-0.1, -0.05) is 13.8 Å². The number of aliphatic hydroxyl groups excluding tert-OH is 1. The number of aliphatic hydroxyl groups is 1. The summed E-state index contributed by atoms with van der Waals surface area (Å²) >= 11 is 0. The summed E-state index contributed by atoms with van der Waals surface area (Å²) in [6, 6.07) is 5.74. The molecule has 1 rings (SSSR count). The van der Waals surface area contributed by atoms with E-state index >= 15 is 0 Å². The van der Waals surface area contributed by atoms with E-state index in [-0.39, 0.29) is 12.5 Å². The van der Waals surface area contributed by atoms with E-state index in [9.17, 15) is 9.90 Å². The summed E-state index contributed by atoms with van der Waals surface area (Å²) in [7, 11) is 0. The molecule has 0 heterocycles. The standard InChI is InChI=1S/C16H26N2O3/c1-4-21-15-8-7-14(10-13(15)11-19)18-16(20)6-5-9-17-12(2)3/h7-8,10,12,17,19H,4-6,9,11H2,1-3H3,(H,18,20). The first-order valence-electron chi connectivity index (χ1n) is 7.46. The van der Waals surface area contributed by atoms with E-state index in [1.165, 1.54) is 0 Å². The van der Waals surface area contributed by atoms with Crippen molar-refractivity contribution in [2.45, 2.75) is 46.3 Å². The van der Waals surface area contributed by atoms with Crippen LogP contribution in [-0.2, 0) is 11.4 Å². The molecule has 0 atom stereocenters. The number of amides is 1. The highest BCUT2D eigenvalue weighted by Crippen LogP contribution is 2.23. The molecule has 0 saturated carbocycles. The van der Waals surface area contributed by atoms with E-state index in [0.29, 0.717) is 36.1 Å². The van der Waals surface area contributed by atoms with Gasteiger partial charge in [0.2, 0.25) is 5.91 Å². The molecule has 1 amide bonds. The monoisotopic (exact) mass is 294 g/mol. The van der Waals surface area contributed by atoms with Crippen molar-refractivity contribution in [2.24, 2.45) is 0 Å². The maximum atomic E-state index is 11.8. The number of nitrogens with one attached hydrogen (secondary N) is 2. The van der Waals surface area contributed by atoms with Gasteiger partial charge in [0.15, 0.2) is 0 Å². The van der Waals surface area contributed by atoms with Crippen LogP contribution in [0.1, 0.15) is 39.2 Å². The molecule has 1 aromatic carbocycles. The minimum atomic E-state index is -0.114. The van der Waals surface area contributed by atoms with Crippen molar-refractivity contribution in [3.05, 3.63) is 23.8 Å². The summed E-state index contributed by atoms with van der Waals surface area (Å²) in [6.45, 7) is 7.31. The maximum Gasteiger partial charge on any atom is 0.224 e. The molecular formula is C16H26N2O3. The highest BCUT2D eigenvalue weighted by atomic mass is 16.5. The quantitative estimate of drug-likeness (QED) is 0.611. The zero-order valence-electron chi connectivity index (χ0n) is 13.1. The molecule has 118 valence electrons. The van der Waals surface area contributed by atoms with E-state index in [1.54, 1.807) is 18.2 Å². The molecule has 0 aliphatic rings. The third-order valence-electron chi connectivity index (χ3n) is 2.95. The second-order valence-corrected chi connectivity index (χ2v) is 5.17. The van der Waals surface area contributed by atoms with Crippen molar-refractivity contribution in [2.75, 3.05) is 18.5 Å². The average Bonchev–Trinajstić information content (AvgIpc) is 2.45. The summed E-state index contributed by atoms with van der Waals surface area (Å²) in [4.78, 5) is 11.8. The molecule has 0 bridgehead atoms. The molecule has 5 nitrogen and oxygen atoms in total. The second kappa shape index (κ2) is 9.37. The Labute approximate surface area is 126 Å². The van der Waals surface area contributed by atoms with Gasteiger partial charge in [0, 0.05) is 23.7 Å². The molecule has 0 aliphatic heterocycles. The van der Waals surface area contributed by atoms with Gasteiger partial charge in [-0.2, -0.15) is 0 Å². The number of carbonyl (C=O) groups is 1. The first kappa shape index (κ1) is 17.5. The van der Waals surface area contributed by atoms with Crippen LogP contribution in [0.3, 0.4) is 0 Å². The van der Waals surface area contributed by atoms with E-state index in [2.05, 4.69) is 24.5 Å². The van der Waals surface area contributed by atoms with Crippen molar-refractivity contribution in [3.8, 4) is 5.75 Å². The Morgan fingerprint density at radius 2 is 2.14 bits per heavy atom. The number of carbonyl (C=O) groups excluding carboxylic acids is 1. The molecular weight excluding hydrogens is 268 g/mol.